The number of nitro benzene ring substituents is 1. The summed E-state index contributed by atoms with van der Waals surface area (Å²) in [6.45, 7) is 1.56. The van der Waals surface area contributed by atoms with Crippen molar-refractivity contribution in [2.45, 2.75) is 24.4 Å². The molecular formula is C20H19FN4O3S. The Morgan fingerprint density at radius 3 is 2.55 bits per heavy atom. The van der Waals surface area contributed by atoms with E-state index in [0.29, 0.717) is 21.9 Å². The highest BCUT2D eigenvalue weighted by molar-refractivity contribution is 7.99. The Balaban J connectivity index is 1.68. The van der Waals surface area contributed by atoms with Gasteiger partial charge in [0.1, 0.15) is 5.82 Å². The number of nitrogens with zero attached hydrogens (tertiary/aromatic N) is 4. The summed E-state index contributed by atoms with van der Waals surface area (Å²) < 4.78 is 15.2. The second-order valence-electron chi connectivity index (χ2n) is 6.87. The summed E-state index contributed by atoms with van der Waals surface area (Å²) in [5, 5.41) is 11.6. The third-order valence-corrected chi connectivity index (χ3v) is 5.86. The summed E-state index contributed by atoms with van der Waals surface area (Å²) in [6, 6.07) is 10.4. The van der Waals surface area contributed by atoms with Crippen molar-refractivity contribution < 1.29 is 14.1 Å². The van der Waals surface area contributed by atoms with Crippen molar-refractivity contribution in [3.63, 3.8) is 0 Å². The van der Waals surface area contributed by atoms with Crippen molar-refractivity contribution in [2.24, 2.45) is 0 Å². The quantitative estimate of drug-likeness (QED) is 0.355. The molecule has 1 aromatic heterocycles. The fraction of sp³-hybridized carbons (Fsp3) is 0.300. The number of aromatic nitrogens is 2. The molecular weight excluding hydrogens is 395 g/mol. The number of rotatable bonds is 5. The van der Waals surface area contributed by atoms with Crippen LogP contribution in [0, 0.1) is 15.9 Å². The summed E-state index contributed by atoms with van der Waals surface area (Å²) in [6.07, 6.45) is 3.19. The monoisotopic (exact) mass is 414 g/mol. The number of amides is 1. The summed E-state index contributed by atoms with van der Waals surface area (Å²) in [7, 11) is 0. The molecule has 150 valence electrons. The van der Waals surface area contributed by atoms with Gasteiger partial charge < -0.3 is 4.90 Å². The Bertz CT molecular complexity index is 1060. The first-order valence-electron chi connectivity index (χ1n) is 9.36. The molecule has 1 aliphatic rings. The van der Waals surface area contributed by atoms with Gasteiger partial charge in [-0.05, 0) is 49.6 Å². The van der Waals surface area contributed by atoms with E-state index in [-0.39, 0.29) is 23.2 Å². The fourth-order valence-electron chi connectivity index (χ4n) is 3.46. The standard InChI is InChI=1S/C20H19FN4O3S/c21-14-4-6-15(7-5-14)24-18-9-8-16(25(27)28)12-17(18)22-20(24)29-13-19(26)23-10-2-1-3-11-23/h4-9,12H,1-3,10-11,13H2. The highest BCUT2D eigenvalue weighted by Crippen LogP contribution is 2.30. The van der Waals surface area contributed by atoms with Crippen LogP contribution in [0.1, 0.15) is 19.3 Å². The number of hydrogen-bond donors (Lipinski definition) is 0. The van der Waals surface area contributed by atoms with Gasteiger partial charge in [-0.1, -0.05) is 11.8 Å². The van der Waals surface area contributed by atoms with Crippen LogP contribution in [0.5, 0.6) is 0 Å². The number of nitro groups is 1. The number of fused-ring (bicyclic) bond motifs is 1. The van der Waals surface area contributed by atoms with Crippen molar-refractivity contribution >= 4 is 34.4 Å². The first kappa shape index (κ1) is 19.4. The van der Waals surface area contributed by atoms with Gasteiger partial charge in [0.15, 0.2) is 5.16 Å². The van der Waals surface area contributed by atoms with E-state index in [1.54, 1.807) is 22.8 Å². The lowest BCUT2D eigenvalue weighted by Gasteiger charge is -2.26. The minimum Gasteiger partial charge on any atom is -0.342 e. The van der Waals surface area contributed by atoms with Crippen molar-refractivity contribution in [1.29, 1.82) is 0 Å². The van der Waals surface area contributed by atoms with Gasteiger partial charge in [-0.15, -0.1) is 0 Å². The molecule has 29 heavy (non-hydrogen) atoms. The number of likely N-dealkylation sites (tertiary alicyclic amines) is 1. The normalized spacial score (nSPS) is 14.3. The molecule has 0 atom stereocenters. The summed E-state index contributed by atoms with van der Waals surface area (Å²) in [5.41, 5.74) is 1.74. The van der Waals surface area contributed by atoms with Gasteiger partial charge in [-0.25, -0.2) is 9.37 Å². The van der Waals surface area contributed by atoms with E-state index < -0.39 is 4.92 Å². The molecule has 0 aliphatic carbocycles. The lowest BCUT2D eigenvalue weighted by Crippen LogP contribution is -2.36. The summed E-state index contributed by atoms with van der Waals surface area (Å²) in [5.74, 6) is -0.0752. The lowest BCUT2D eigenvalue weighted by molar-refractivity contribution is -0.384. The van der Waals surface area contributed by atoms with Crippen molar-refractivity contribution in [2.75, 3.05) is 18.8 Å². The third-order valence-electron chi connectivity index (χ3n) is 4.94. The van der Waals surface area contributed by atoms with Gasteiger partial charge in [0.05, 0.1) is 21.7 Å². The zero-order valence-electron chi connectivity index (χ0n) is 15.6. The number of halogens is 1. The van der Waals surface area contributed by atoms with Crippen molar-refractivity contribution in [1.82, 2.24) is 14.5 Å². The molecule has 1 saturated heterocycles. The molecule has 0 bridgehead atoms. The van der Waals surface area contributed by atoms with Crippen LogP contribution in [0.2, 0.25) is 0 Å². The SMILES string of the molecule is O=C(CSc1nc2cc([N+](=O)[O-])ccc2n1-c1ccc(F)cc1)N1CCCCC1. The molecule has 1 amide bonds. The van der Waals surface area contributed by atoms with Crippen LogP contribution in [0.3, 0.4) is 0 Å². The number of carbonyl (C=O) groups is 1. The van der Waals surface area contributed by atoms with Crippen LogP contribution >= 0.6 is 11.8 Å². The van der Waals surface area contributed by atoms with E-state index >= 15 is 0 Å². The average molecular weight is 414 g/mol. The van der Waals surface area contributed by atoms with E-state index in [1.165, 1.54) is 36.0 Å². The van der Waals surface area contributed by atoms with Crippen molar-refractivity contribution in [3.05, 3.63) is 58.4 Å². The maximum absolute atomic E-state index is 13.4. The minimum atomic E-state index is -0.469. The molecule has 1 aliphatic heterocycles. The summed E-state index contributed by atoms with van der Waals surface area (Å²) in [4.78, 5) is 29.6. The van der Waals surface area contributed by atoms with E-state index in [0.717, 1.165) is 32.4 Å². The smallest absolute Gasteiger partial charge is 0.271 e. The molecule has 2 aromatic carbocycles. The van der Waals surface area contributed by atoms with E-state index in [9.17, 15) is 19.3 Å². The number of hydrogen-bond acceptors (Lipinski definition) is 5. The molecule has 9 heteroatoms. The molecule has 7 nitrogen and oxygen atoms in total. The largest absolute Gasteiger partial charge is 0.342 e. The predicted octanol–water partition coefficient (Wildman–Crippen LogP) is 4.18. The Morgan fingerprint density at radius 2 is 1.86 bits per heavy atom. The zero-order chi connectivity index (χ0) is 20.4. The number of thioether (sulfide) groups is 1. The second kappa shape index (κ2) is 8.20. The molecule has 3 aromatic rings. The maximum Gasteiger partial charge on any atom is 0.271 e. The van der Waals surface area contributed by atoms with Gasteiger partial charge in [-0.2, -0.15) is 0 Å². The van der Waals surface area contributed by atoms with Gasteiger partial charge in [0.25, 0.3) is 5.69 Å². The summed E-state index contributed by atoms with van der Waals surface area (Å²) >= 11 is 1.28. The number of non-ortho nitro benzene ring substituents is 1. The molecule has 0 N–H and O–H groups in total. The van der Waals surface area contributed by atoms with Crippen molar-refractivity contribution in [3.8, 4) is 5.69 Å². The Morgan fingerprint density at radius 1 is 1.14 bits per heavy atom. The number of benzene rings is 2. The zero-order valence-corrected chi connectivity index (χ0v) is 16.4. The number of imidazole rings is 1. The second-order valence-corrected chi connectivity index (χ2v) is 7.81. The minimum absolute atomic E-state index is 0.0535. The molecule has 1 fully saturated rings. The molecule has 0 spiro atoms. The van der Waals surface area contributed by atoms with Gasteiger partial charge >= 0.3 is 0 Å². The van der Waals surface area contributed by atoms with Crippen LogP contribution in [0.25, 0.3) is 16.7 Å². The molecule has 0 unspecified atom stereocenters. The van der Waals surface area contributed by atoms with Crippen LogP contribution in [0.15, 0.2) is 47.6 Å². The predicted molar refractivity (Wildman–Crippen MR) is 109 cm³/mol. The van der Waals surface area contributed by atoms with Gasteiger partial charge in [-0.3, -0.25) is 19.5 Å². The number of carbonyl (C=O) groups excluding carboxylic acids is 1. The van der Waals surface area contributed by atoms with Crippen LogP contribution < -0.4 is 0 Å². The first-order valence-corrected chi connectivity index (χ1v) is 10.3. The molecule has 0 radical (unpaired) electrons. The topological polar surface area (TPSA) is 81.3 Å². The Kier molecular flexibility index (Phi) is 5.48. The third kappa shape index (κ3) is 4.09. The molecule has 0 saturated carbocycles. The van der Waals surface area contributed by atoms with E-state index in [2.05, 4.69) is 4.98 Å². The maximum atomic E-state index is 13.4. The number of piperidine rings is 1. The van der Waals surface area contributed by atoms with Crippen LogP contribution in [-0.2, 0) is 4.79 Å². The Hall–Kier alpha value is -2.94. The van der Waals surface area contributed by atoms with Gasteiger partial charge in [0, 0.05) is 30.9 Å². The average Bonchev–Trinajstić information content (AvgIpc) is 3.10. The van der Waals surface area contributed by atoms with Crippen LogP contribution in [0.4, 0.5) is 10.1 Å². The molecule has 2 heterocycles. The molecule has 4 rings (SSSR count). The van der Waals surface area contributed by atoms with E-state index in [1.807, 2.05) is 4.90 Å². The van der Waals surface area contributed by atoms with Gasteiger partial charge in [0.2, 0.25) is 5.91 Å². The fourth-order valence-corrected chi connectivity index (χ4v) is 4.39. The highest BCUT2D eigenvalue weighted by atomic mass is 32.2. The highest BCUT2D eigenvalue weighted by Gasteiger charge is 2.20. The van der Waals surface area contributed by atoms with Crippen LogP contribution in [-0.4, -0.2) is 44.1 Å². The first-order chi connectivity index (χ1) is 14.0. The lowest BCUT2D eigenvalue weighted by atomic mass is 10.1. The Labute approximate surface area is 170 Å². The van der Waals surface area contributed by atoms with E-state index in [4.69, 9.17) is 0 Å².